The van der Waals surface area contributed by atoms with Crippen molar-refractivity contribution in [3.05, 3.63) is 194 Å². The molecule has 0 saturated heterocycles. The maximum Gasteiger partial charge on any atom is 0.310 e. The fourth-order valence-corrected chi connectivity index (χ4v) is 7.61. The molecule has 0 aromatic heterocycles. The van der Waals surface area contributed by atoms with Gasteiger partial charge in [-0.1, -0.05) is 260 Å². The van der Waals surface area contributed by atoms with Crippen LogP contribution in [0.5, 0.6) is 0 Å². The number of ether oxygens (including phenoxy) is 3. The highest BCUT2D eigenvalue weighted by molar-refractivity contribution is 5.72. The van der Waals surface area contributed by atoms with E-state index in [0.29, 0.717) is 19.3 Å². The third-order valence-corrected chi connectivity index (χ3v) is 12.1. The number of allylic oxidation sites excluding steroid dienone is 31. The lowest BCUT2D eigenvalue weighted by atomic mass is 10.1. The van der Waals surface area contributed by atoms with Gasteiger partial charge >= 0.3 is 17.9 Å². The molecule has 0 fully saturated rings. The van der Waals surface area contributed by atoms with Gasteiger partial charge in [0.05, 0.1) is 6.42 Å². The van der Waals surface area contributed by atoms with Crippen LogP contribution in [0.25, 0.3) is 0 Å². The molecule has 1 unspecified atom stereocenters. The third-order valence-electron chi connectivity index (χ3n) is 12.1. The summed E-state index contributed by atoms with van der Waals surface area (Å²) in [6.45, 7) is 6.15. The van der Waals surface area contributed by atoms with Gasteiger partial charge < -0.3 is 14.2 Å². The summed E-state index contributed by atoms with van der Waals surface area (Å²) in [4.78, 5) is 38.1. The number of hydrogen-bond acceptors (Lipinski definition) is 6. The molecule has 0 aromatic rings. The van der Waals surface area contributed by atoms with Crippen LogP contribution in [-0.4, -0.2) is 37.2 Å². The van der Waals surface area contributed by atoms with Crippen molar-refractivity contribution in [3.8, 4) is 0 Å². The van der Waals surface area contributed by atoms with Crippen molar-refractivity contribution in [2.45, 2.75) is 232 Å². The minimum atomic E-state index is -0.859. The van der Waals surface area contributed by atoms with Gasteiger partial charge in [-0.05, 0) is 141 Å². The molecule has 79 heavy (non-hydrogen) atoms. The predicted molar refractivity (Wildman–Crippen MR) is 343 cm³/mol. The Hall–Kier alpha value is -5.75. The molecule has 0 radical (unpaired) electrons. The van der Waals surface area contributed by atoms with Crippen molar-refractivity contribution in [1.82, 2.24) is 0 Å². The van der Waals surface area contributed by atoms with E-state index >= 15 is 0 Å². The van der Waals surface area contributed by atoms with E-state index in [1.54, 1.807) is 6.08 Å². The SMILES string of the molecule is CC/C=C\C/C=C\C/C=C\C/C=C\C/C=C\C/C=C\C/C=C\C/C=C\CCCCCCCCCCC(=O)OCC(COC(=O)CCCCC/C=C\C/C=C\C/C=C\CC)OC(=O)C/C=C\C/C=C\C/C=C\C/C=C\C/C=C\CC. The number of carbonyl (C=O) groups excluding carboxylic acids is 3. The second-order valence-corrected chi connectivity index (χ2v) is 19.5. The topological polar surface area (TPSA) is 78.9 Å². The predicted octanol–water partition coefficient (Wildman–Crippen LogP) is 21.4. The molecule has 0 bridgehead atoms. The number of hydrogen-bond donors (Lipinski definition) is 0. The number of rotatable bonds is 53. The zero-order valence-corrected chi connectivity index (χ0v) is 50.0. The van der Waals surface area contributed by atoms with Crippen LogP contribution in [0, 0.1) is 0 Å². The molecule has 0 spiro atoms. The molecule has 0 aliphatic rings. The molecular formula is C73H110O6. The van der Waals surface area contributed by atoms with E-state index in [1.807, 2.05) is 6.08 Å². The van der Waals surface area contributed by atoms with E-state index in [1.165, 1.54) is 32.1 Å². The quantitative estimate of drug-likeness (QED) is 0.0261. The summed E-state index contributed by atoms with van der Waals surface area (Å²) in [5.74, 6) is -1.12. The summed E-state index contributed by atoms with van der Waals surface area (Å²) in [6, 6.07) is 0. The van der Waals surface area contributed by atoms with E-state index in [2.05, 4.69) is 203 Å². The zero-order chi connectivity index (χ0) is 57.1. The van der Waals surface area contributed by atoms with Crippen LogP contribution < -0.4 is 0 Å². The molecule has 438 valence electrons. The summed E-state index contributed by atoms with van der Waals surface area (Å²) in [5, 5.41) is 0. The Morgan fingerprint density at radius 1 is 0.266 bits per heavy atom. The molecule has 0 N–H and O–H groups in total. The van der Waals surface area contributed by atoms with Gasteiger partial charge in [0.2, 0.25) is 0 Å². The molecular weight excluding hydrogens is 973 g/mol. The van der Waals surface area contributed by atoms with Gasteiger partial charge in [-0.15, -0.1) is 0 Å². The van der Waals surface area contributed by atoms with Crippen LogP contribution in [0.1, 0.15) is 226 Å². The average Bonchev–Trinajstić information content (AvgIpc) is 3.45. The Labute approximate surface area is 484 Å². The first-order valence-corrected chi connectivity index (χ1v) is 30.9. The Balaban J connectivity index is 4.38. The van der Waals surface area contributed by atoms with E-state index in [-0.39, 0.29) is 31.6 Å². The molecule has 0 amide bonds. The molecule has 0 rings (SSSR count). The van der Waals surface area contributed by atoms with Crippen LogP contribution in [0.4, 0.5) is 0 Å². The maximum absolute atomic E-state index is 12.8. The molecule has 6 heteroatoms. The van der Waals surface area contributed by atoms with Gasteiger partial charge in [0.25, 0.3) is 0 Å². The number of carbonyl (C=O) groups is 3. The second kappa shape index (κ2) is 64.8. The van der Waals surface area contributed by atoms with Crippen molar-refractivity contribution in [2.24, 2.45) is 0 Å². The van der Waals surface area contributed by atoms with Crippen molar-refractivity contribution in [3.63, 3.8) is 0 Å². The fraction of sp³-hybridized carbons (Fsp3) is 0.521. The molecule has 0 saturated carbocycles. The molecule has 1 atom stereocenters. The van der Waals surface area contributed by atoms with Gasteiger partial charge in [-0.3, -0.25) is 14.4 Å². The summed E-state index contributed by atoms with van der Waals surface area (Å²) in [7, 11) is 0. The summed E-state index contributed by atoms with van der Waals surface area (Å²) >= 11 is 0. The molecule has 0 aromatic carbocycles. The van der Waals surface area contributed by atoms with Crippen LogP contribution in [0.15, 0.2) is 194 Å². The third kappa shape index (κ3) is 63.0. The summed E-state index contributed by atoms with van der Waals surface area (Å²) in [6.07, 6.45) is 99.0. The number of unbranched alkanes of at least 4 members (excludes halogenated alkanes) is 11. The zero-order valence-electron chi connectivity index (χ0n) is 50.0. The summed E-state index contributed by atoms with van der Waals surface area (Å²) < 4.78 is 16.7. The number of esters is 3. The van der Waals surface area contributed by atoms with Crippen molar-refractivity contribution >= 4 is 17.9 Å². The van der Waals surface area contributed by atoms with Gasteiger partial charge in [0.1, 0.15) is 13.2 Å². The highest BCUT2D eigenvalue weighted by Gasteiger charge is 2.19. The lowest BCUT2D eigenvalue weighted by Crippen LogP contribution is -2.30. The summed E-state index contributed by atoms with van der Waals surface area (Å²) in [5.41, 5.74) is 0. The van der Waals surface area contributed by atoms with Gasteiger partial charge in [-0.25, -0.2) is 0 Å². The van der Waals surface area contributed by atoms with Crippen LogP contribution in [-0.2, 0) is 28.6 Å². The first-order valence-electron chi connectivity index (χ1n) is 30.9. The lowest BCUT2D eigenvalue weighted by Gasteiger charge is -2.18. The van der Waals surface area contributed by atoms with Crippen molar-refractivity contribution in [1.29, 1.82) is 0 Å². The lowest BCUT2D eigenvalue weighted by molar-refractivity contribution is -0.166. The van der Waals surface area contributed by atoms with Crippen molar-refractivity contribution in [2.75, 3.05) is 13.2 Å². The Morgan fingerprint density at radius 2 is 0.494 bits per heavy atom. The van der Waals surface area contributed by atoms with E-state index in [9.17, 15) is 14.4 Å². The normalized spacial score (nSPS) is 13.5. The molecule has 0 heterocycles. The van der Waals surface area contributed by atoms with E-state index in [4.69, 9.17) is 14.2 Å². The van der Waals surface area contributed by atoms with Gasteiger partial charge in [0.15, 0.2) is 6.10 Å². The minimum Gasteiger partial charge on any atom is -0.462 e. The molecule has 0 aliphatic carbocycles. The highest BCUT2D eigenvalue weighted by atomic mass is 16.6. The highest BCUT2D eigenvalue weighted by Crippen LogP contribution is 2.13. The molecule has 6 nitrogen and oxygen atoms in total. The largest absolute Gasteiger partial charge is 0.462 e. The Bertz CT molecular complexity index is 1920. The van der Waals surface area contributed by atoms with Crippen LogP contribution in [0.3, 0.4) is 0 Å². The Kier molecular flexibility index (Phi) is 60.1. The smallest absolute Gasteiger partial charge is 0.310 e. The maximum atomic E-state index is 12.8. The average molecular weight is 1080 g/mol. The minimum absolute atomic E-state index is 0.0785. The van der Waals surface area contributed by atoms with Crippen molar-refractivity contribution < 1.29 is 28.6 Å². The fourth-order valence-electron chi connectivity index (χ4n) is 7.61. The second-order valence-electron chi connectivity index (χ2n) is 19.5. The Morgan fingerprint density at radius 3 is 0.785 bits per heavy atom. The van der Waals surface area contributed by atoms with Crippen LogP contribution >= 0.6 is 0 Å². The standard InChI is InChI=1S/C73H110O6/c1-4-7-10-13-16-19-22-25-27-28-29-30-31-32-33-34-35-36-37-38-39-40-41-42-43-44-46-48-51-54-57-60-63-66-72(75)78-69-70(68-77-71(74)65-62-59-56-53-50-47-24-21-18-15-12-9-6-3)79-73(76)67-64-61-58-55-52-49-45-26-23-20-17-14-11-8-5-2/h7-12,16-21,25-27,29-30,32-33,35-36,38-39,41-42,45,47,50,52,55,61,64,70H,4-6,13-15,22-24,28,31,34,37,40,43-44,46,48-49,51,53-54,56-60,62-63,65-69H2,1-3H3/b10-7-,11-8-,12-9-,19-16-,20-17-,21-18-,27-25-,30-29-,33-32-,36-35-,39-38-,42-41-,45-26-,50-47-,55-52-,64-61-. The molecule has 0 aliphatic heterocycles. The van der Waals surface area contributed by atoms with E-state index in [0.717, 1.165) is 148 Å². The first kappa shape index (κ1) is 73.2. The van der Waals surface area contributed by atoms with Crippen LogP contribution in [0.2, 0.25) is 0 Å². The first-order chi connectivity index (χ1) is 39.0. The van der Waals surface area contributed by atoms with E-state index < -0.39 is 12.1 Å². The van der Waals surface area contributed by atoms with Gasteiger partial charge in [-0.2, -0.15) is 0 Å². The monoisotopic (exact) mass is 1080 g/mol. The van der Waals surface area contributed by atoms with Gasteiger partial charge in [0, 0.05) is 12.8 Å².